The lowest BCUT2D eigenvalue weighted by Crippen LogP contribution is -2.33. The summed E-state index contributed by atoms with van der Waals surface area (Å²) in [5.74, 6) is 0.397. The van der Waals surface area contributed by atoms with Crippen molar-refractivity contribution in [3.8, 4) is 5.75 Å². The van der Waals surface area contributed by atoms with Gasteiger partial charge in [-0.2, -0.15) is 0 Å². The van der Waals surface area contributed by atoms with E-state index in [-0.39, 0.29) is 12.5 Å². The zero-order valence-electron chi connectivity index (χ0n) is 8.50. The number of amides is 1. The van der Waals surface area contributed by atoms with Gasteiger partial charge < -0.3 is 15.8 Å². The van der Waals surface area contributed by atoms with Crippen molar-refractivity contribution >= 4 is 29.1 Å². The molecule has 0 aromatic heterocycles. The Balaban J connectivity index is 2.32. The average molecular weight is 263 g/mol. The van der Waals surface area contributed by atoms with Crippen LogP contribution in [0.15, 0.2) is 18.2 Å². The molecule has 0 saturated heterocycles. The summed E-state index contributed by atoms with van der Waals surface area (Å²) in [4.78, 5) is 10.8. The molecule has 1 amide bonds. The van der Waals surface area contributed by atoms with Crippen molar-refractivity contribution in [3.05, 3.63) is 28.2 Å². The highest BCUT2D eigenvalue weighted by atomic mass is 35.5. The number of rotatable bonds is 5. The smallest absolute Gasteiger partial charge is 0.233 e. The van der Waals surface area contributed by atoms with Crippen molar-refractivity contribution < 1.29 is 9.53 Å². The maximum absolute atomic E-state index is 10.8. The van der Waals surface area contributed by atoms with E-state index in [2.05, 4.69) is 5.32 Å². The molecule has 4 nitrogen and oxygen atoms in total. The van der Waals surface area contributed by atoms with Gasteiger partial charge in [0.25, 0.3) is 0 Å². The van der Waals surface area contributed by atoms with Crippen LogP contribution in [0, 0.1) is 0 Å². The fourth-order valence-electron chi connectivity index (χ4n) is 0.998. The second-order valence-electron chi connectivity index (χ2n) is 2.98. The quantitative estimate of drug-likeness (QED) is 0.790. The predicted molar refractivity (Wildman–Crippen MR) is 64.0 cm³/mol. The Morgan fingerprint density at radius 2 is 2.12 bits per heavy atom. The molecule has 0 aliphatic carbocycles. The van der Waals surface area contributed by atoms with E-state index in [1.54, 1.807) is 18.2 Å². The van der Waals surface area contributed by atoms with Gasteiger partial charge in [-0.25, -0.2) is 0 Å². The third-order valence-electron chi connectivity index (χ3n) is 1.77. The van der Waals surface area contributed by atoms with E-state index < -0.39 is 0 Å². The molecular weight excluding hydrogens is 251 g/mol. The van der Waals surface area contributed by atoms with E-state index in [4.69, 9.17) is 33.7 Å². The second-order valence-corrected chi connectivity index (χ2v) is 3.79. The van der Waals surface area contributed by atoms with Gasteiger partial charge in [0.2, 0.25) is 5.91 Å². The van der Waals surface area contributed by atoms with Crippen molar-refractivity contribution in [2.45, 2.75) is 0 Å². The molecule has 0 fully saturated rings. The summed E-state index contributed by atoms with van der Waals surface area (Å²) >= 11 is 11.5. The van der Waals surface area contributed by atoms with E-state index in [9.17, 15) is 4.79 Å². The van der Waals surface area contributed by atoms with Crippen LogP contribution in [0.25, 0.3) is 0 Å². The highest BCUT2D eigenvalue weighted by Crippen LogP contribution is 2.26. The fraction of sp³-hybridized carbons (Fsp3) is 0.300. The minimum Gasteiger partial charge on any atom is -0.492 e. The Bertz CT molecular complexity index is 372. The maximum atomic E-state index is 10.8. The van der Waals surface area contributed by atoms with Crippen LogP contribution in [0.3, 0.4) is 0 Å². The Morgan fingerprint density at radius 3 is 2.75 bits per heavy atom. The highest BCUT2D eigenvalue weighted by Gasteiger charge is 2.00. The average Bonchev–Trinajstić information content (AvgIpc) is 2.28. The Morgan fingerprint density at radius 1 is 1.38 bits per heavy atom. The van der Waals surface area contributed by atoms with Crippen LogP contribution < -0.4 is 15.8 Å². The molecule has 6 heteroatoms. The summed E-state index contributed by atoms with van der Waals surface area (Å²) in [7, 11) is 0. The highest BCUT2D eigenvalue weighted by molar-refractivity contribution is 6.42. The molecule has 1 aromatic carbocycles. The number of ether oxygens (including phenoxy) is 1. The monoisotopic (exact) mass is 262 g/mol. The Labute approximate surface area is 104 Å². The topological polar surface area (TPSA) is 64.4 Å². The minimum atomic E-state index is -0.210. The summed E-state index contributed by atoms with van der Waals surface area (Å²) < 4.78 is 5.34. The molecule has 0 atom stereocenters. The number of benzene rings is 1. The first-order valence-electron chi connectivity index (χ1n) is 4.68. The number of nitrogens with two attached hydrogens (primary N) is 1. The summed E-state index contributed by atoms with van der Waals surface area (Å²) in [6.07, 6.45) is 0. The molecule has 0 bridgehead atoms. The Hall–Kier alpha value is -0.970. The number of carbonyl (C=O) groups excluding carboxylic acids is 1. The van der Waals surface area contributed by atoms with Crippen LogP contribution in [-0.2, 0) is 4.79 Å². The lowest BCUT2D eigenvalue weighted by molar-refractivity contribution is -0.119. The number of halogens is 2. The SMILES string of the molecule is NCC(=O)NCCOc1ccc(Cl)c(Cl)c1. The molecule has 1 aromatic rings. The third-order valence-corrected chi connectivity index (χ3v) is 2.51. The molecule has 0 saturated carbocycles. The van der Waals surface area contributed by atoms with Crippen LogP contribution in [0.5, 0.6) is 5.75 Å². The summed E-state index contributed by atoms with van der Waals surface area (Å²) in [6.45, 7) is 0.729. The van der Waals surface area contributed by atoms with Gasteiger partial charge in [-0.1, -0.05) is 23.2 Å². The molecule has 0 spiro atoms. The van der Waals surface area contributed by atoms with Gasteiger partial charge in [0, 0.05) is 6.07 Å². The second kappa shape index (κ2) is 6.58. The van der Waals surface area contributed by atoms with E-state index in [1.165, 1.54) is 0 Å². The molecule has 0 radical (unpaired) electrons. The van der Waals surface area contributed by atoms with Crippen LogP contribution in [-0.4, -0.2) is 25.6 Å². The van der Waals surface area contributed by atoms with E-state index >= 15 is 0 Å². The van der Waals surface area contributed by atoms with Crippen LogP contribution >= 0.6 is 23.2 Å². The van der Waals surface area contributed by atoms with Gasteiger partial charge in [-0.15, -0.1) is 0 Å². The van der Waals surface area contributed by atoms with Gasteiger partial charge in [-0.05, 0) is 12.1 Å². The van der Waals surface area contributed by atoms with Crippen molar-refractivity contribution in [1.82, 2.24) is 5.32 Å². The lowest BCUT2D eigenvalue weighted by Gasteiger charge is -2.07. The molecule has 0 unspecified atom stereocenters. The number of carbonyl (C=O) groups is 1. The first-order valence-corrected chi connectivity index (χ1v) is 5.43. The first kappa shape index (κ1) is 13.1. The van der Waals surface area contributed by atoms with Crippen molar-refractivity contribution in [2.24, 2.45) is 5.73 Å². The zero-order chi connectivity index (χ0) is 12.0. The molecule has 0 aliphatic rings. The minimum absolute atomic E-state index is 0.0211. The van der Waals surface area contributed by atoms with E-state index in [0.29, 0.717) is 28.9 Å². The largest absolute Gasteiger partial charge is 0.492 e. The van der Waals surface area contributed by atoms with Gasteiger partial charge in [-0.3, -0.25) is 4.79 Å². The number of hydrogen-bond donors (Lipinski definition) is 2. The molecular formula is C10H12Cl2N2O2. The summed E-state index contributed by atoms with van der Waals surface area (Å²) in [5, 5.41) is 3.49. The van der Waals surface area contributed by atoms with Gasteiger partial charge >= 0.3 is 0 Å². The van der Waals surface area contributed by atoms with Crippen molar-refractivity contribution in [2.75, 3.05) is 19.7 Å². The fourth-order valence-corrected chi connectivity index (χ4v) is 1.29. The Kier molecular flexibility index (Phi) is 5.38. The van der Waals surface area contributed by atoms with Crippen molar-refractivity contribution in [3.63, 3.8) is 0 Å². The summed E-state index contributed by atoms with van der Waals surface area (Å²) in [6, 6.07) is 4.98. The van der Waals surface area contributed by atoms with E-state index in [0.717, 1.165) is 0 Å². The first-order chi connectivity index (χ1) is 7.63. The maximum Gasteiger partial charge on any atom is 0.233 e. The number of nitrogens with one attached hydrogen (secondary N) is 1. The molecule has 0 heterocycles. The predicted octanol–water partition coefficient (Wildman–Crippen LogP) is 1.45. The van der Waals surface area contributed by atoms with Gasteiger partial charge in [0.05, 0.1) is 23.1 Å². The van der Waals surface area contributed by atoms with Crippen molar-refractivity contribution in [1.29, 1.82) is 0 Å². The van der Waals surface area contributed by atoms with Crippen LogP contribution in [0.4, 0.5) is 0 Å². The van der Waals surface area contributed by atoms with Crippen LogP contribution in [0.1, 0.15) is 0 Å². The van der Waals surface area contributed by atoms with Gasteiger partial charge in [0.15, 0.2) is 0 Å². The molecule has 3 N–H and O–H groups in total. The lowest BCUT2D eigenvalue weighted by atomic mass is 10.3. The standard InChI is InChI=1S/C10H12Cl2N2O2/c11-8-2-1-7(5-9(8)12)16-4-3-14-10(15)6-13/h1-2,5H,3-4,6,13H2,(H,14,15). The van der Waals surface area contributed by atoms with Gasteiger partial charge in [0.1, 0.15) is 12.4 Å². The molecule has 1 rings (SSSR count). The third kappa shape index (κ3) is 4.26. The number of hydrogen-bond acceptors (Lipinski definition) is 3. The molecule has 0 aliphatic heterocycles. The summed E-state index contributed by atoms with van der Waals surface area (Å²) in [5.41, 5.74) is 5.12. The van der Waals surface area contributed by atoms with E-state index in [1.807, 2.05) is 0 Å². The molecule has 16 heavy (non-hydrogen) atoms. The zero-order valence-corrected chi connectivity index (χ0v) is 10.0. The normalized spacial score (nSPS) is 9.94. The van der Waals surface area contributed by atoms with Crippen LogP contribution in [0.2, 0.25) is 10.0 Å². The molecule has 88 valence electrons.